The Morgan fingerprint density at radius 3 is 2.61 bits per heavy atom. The van der Waals surface area contributed by atoms with E-state index in [1.807, 2.05) is 6.92 Å². The van der Waals surface area contributed by atoms with E-state index in [1.54, 1.807) is 0 Å². The summed E-state index contributed by atoms with van der Waals surface area (Å²) in [5, 5.41) is -0.0683. The highest BCUT2D eigenvalue weighted by Gasteiger charge is 2.45. The predicted molar refractivity (Wildman–Crippen MR) is 103 cm³/mol. The average Bonchev–Trinajstić information content (AvgIpc) is 2.88. The first-order valence-corrected chi connectivity index (χ1v) is 11.0. The van der Waals surface area contributed by atoms with Crippen LogP contribution < -0.4 is 4.74 Å². The van der Waals surface area contributed by atoms with Crippen LogP contribution in [0.5, 0.6) is 5.88 Å². The number of rotatable bonds is 4. The summed E-state index contributed by atoms with van der Waals surface area (Å²) in [4.78, 5) is 13.2. The van der Waals surface area contributed by atoms with Gasteiger partial charge in [0.25, 0.3) is 9.84 Å². The van der Waals surface area contributed by atoms with Crippen LogP contribution in [0.3, 0.4) is 0 Å². The minimum atomic E-state index is -5.42. The number of thiophene rings is 1. The Morgan fingerprint density at radius 1 is 1.32 bits per heavy atom. The molecule has 0 bridgehead atoms. The van der Waals surface area contributed by atoms with Gasteiger partial charge in [0.2, 0.25) is 11.2 Å². The summed E-state index contributed by atoms with van der Waals surface area (Å²) in [5.74, 6) is -1.54. The first-order chi connectivity index (χ1) is 12.9. The number of pyridine rings is 1. The molecule has 3 rings (SSSR count). The average molecular weight is 517 g/mol. The lowest BCUT2D eigenvalue weighted by Gasteiger charge is -2.12. The van der Waals surface area contributed by atoms with Crippen molar-refractivity contribution in [2.45, 2.75) is 18.2 Å². The van der Waals surface area contributed by atoms with Crippen molar-refractivity contribution in [2.75, 3.05) is 7.11 Å². The zero-order chi connectivity index (χ0) is 20.9. The maximum absolute atomic E-state index is 12.8. The number of nitrogens with zero attached hydrogens (tertiary/aromatic N) is 3. The van der Waals surface area contributed by atoms with Crippen molar-refractivity contribution < 1.29 is 26.3 Å². The lowest BCUT2D eigenvalue weighted by molar-refractivity contribution is -0.0437. The van der Waals surface area contributed by atoms with Gasteiger partial charge in [-0.25, -0.2) is 23.4 Å². The second-order valence-corrected chi connectivity index (χ2v) is 9.93. The Kier molecular flexibility index (Phi) is 5.60. The molecule has 0 atom stereocenters. The molecule has 0 saturated carbocycles. The standard InChI is InChI=1S/C15H10BrClF3N3O3S2/c1-6-9(16)11-12(27-6)10(22-14(17)23-11)7-3-8(13(26-2)21-4-7)5-28(24,25)15(18,19)20/h3-4H,5H2,1-2H3. The number of hydrogen-bond donors (Lipinski definition) is 0. The fourth-order valence-electron chi connectivity index (χ4n) is 2.43. The van der Waals surface area contributed by atoms with Gasteiger partial charge in [-0.2, -0.15) is 13.2 Å². The van der Waals surface area contributed by atoms with Crippen LogP contribution in [0.1, 0.15) is 10.4 Å². The van der Waals surface area contributed by atoms with E-state index in [4.69, 9.17) is 16.3 Å². The number of halogens is 5. The Labute approximate surface area is 174 Å². The third-order valence-corrected chi connectivity index (χ3v) is 7.60. The number of aromatic nitrogens is 3. The molecule has 0 aliphatic heterocycles. The Morgan fingerprint density at radius 2 is 2.00 bits per heavy atom. The number of aryl methyl sites for hydroxylation is 1. The fourth-order valence-corrected chi connectivity index (χ4v) is 5.04. The topological polar surface area (TPSA) is 82.0 Å². The molecule has 0 aromatic carbocycles. The van der Waals surface area contributed by atoms with E-state index in [1.165, 1.54) is 30.7 Å². The second-order valence-electron chi connectivity index (χ2n) is 5.59. The van der Waals surface area contributed by atoms with Crippen LogP contribution in [0.25, 0.3) is 21.5 Å². The van der Waals surface area contributed by atoms with Crippen LogP contribution in [-0.4, -0.2) is 36.0 Å². The van der Waals surface area contributed by atoms with Crippen molar-refractivity contribution >= 4 is 58.9 Å². The van der Waals surface area contributed by atoms with Crippen LogP contribution in [0.2, 0.25) is 5.28 Å². The van der Waals surface area contributed by atoms with Crippen LogP contribution in [0.15, 0.2) is 16.7 Å². The first-order valence-electron chi connectivity index (χ1n) is 7.39. The summed E-state index contributed by atoms with van der Waals surface area (Å²) in [6.07, 6.45) is 1.32. The number of fused-ring (bicyclic) bond motifs is 1. The third kappa shape index (κ3) is 3.82. The molecular weight excluding hydrogens is 507 g/mol. The Balaban J connectivity index is 2.20. The molecule has 0 fully saturated rings. The van der Waals surface area contributed by atoms with E-state index in [0.29, 0.717) is 15.9 Å². The summed E-state index contributed by atoms with van der Waals surface area (Å²) in [6.45, 7) is 1.85. The van der Waals surface area contributed by atoms with Gasteiger partial charge >= 0.3 is 5.51 Å². The summed E-state index contributed by atoms with van der Waals surface area (Å²) < 4.78 is 67.8. The minimum Gasteiger partial charge on any atom is -0.481 e. The van der Waals surface area contributed by atoms with Crippen molar-refractivity contribution in [1.82, 2.24) is 15.0 Å². The number of hydrogen-bond acceptors (Lipinski definition) is 7. The fraction of sp³-hybridized carbons (Fsp3) is 0.267. The molecule has 0 amide bonds. The van der Waals surface area contributed by atoms with E-state index in [9.17, 15) is 21.6 Å². The van der Waals surface area contributed by atoms with Gasteiger partial charge in [0.1, 0.15) is 5.52 Å². The third-order valence-electron chi connectivity index (χ3n) is 3.70. The van der Waals surface area contributed by atoms with E-state index < -0.39 is 21.1 Å². The largest absolute Gasteiger partial charge is 0.497 e. The van der Waals surface area contributed by atoms with Crippen LogP contribution in [0, 0.1) is 6.92 Å². The van der Waals surface area contributed by atoms with Gasteiger partial charge in [-0.15, -0.1) is 11.3 Å². The van der Waals surface area contributed by atoms with E-state index in [0.717, 1.165) is 9.35 Å². The monoisotopic (exact) mass is 515 g/mol. The molecule has 3 aromatic rings. The van der Waals surface area contributed by atoms with Crippen LogP contribution >= 0.6 is 38.9 Å². The van der Waals surface area contributed by atoms with Crippen molar-refractivity contribution in [1.29, 1.82) is 0 Å². The molecule has 0 saturated heterocycles. The quantitative estimate of drug-likeness (QED) is 0.458. The Bertz CT molecular complexity index is 1180. The number of ether oxygens (including phenoxy) is 1. The van der Waals surface area contributed by atoms with Crippen molar-refractivity contribution in [3.05, 3.63) is 32.5 Å². The van der Waals surface area contributed by atoms with Crippen LogP contribution in [0.4, 0.5) is 13.2 Å². The van der Waals surface area contributed by atoms with Gasteiger partial charge in [-0.1, -0.05) is 0 Å². The van der Waals surface area contributed by atoms with E-state index in [2.05, 4.69) is 30.9 Å². The zero-order valence-corrected chi connectivity index (χ0v) is 18.1. The maximum Gasteiger partial charge on any atom is 0.497 e. The van der Waals surface area contributed by atoms with Crippen molar-refractivity contribution in [3.8, 4) is 17.1 Å². The molecule has 3 heterocycles. The summed E-state index contributed by atoms with van der Waals surface area (Å²) in [6, 6.07) is 1.25. The predicted octanol–water partition coefficient (Wildman–Crippen LogP) is 4.92. The lowest BCUT2D eigenvalue weighted by Crippen LogP contribution is -2.25. The maximum atomic E-state index is 12.8. The number of sulfone groups is 1. The molecule has 150 valence electrons. The minimum absolute atomic E-state index is 0.0683. The molecular formula is C15H10BrClF3N3O3S2. The SMILES string of the molecule is COc1ncc(-c2nc(Cl)nc3c(Br)c(C)sc23)cc1CS(=O)(=O)C(F)(F)F. The molecule has 6 nitrogen and oxygen atoms in total. The highest BCUT2D eigenvalue weighted by atomic mass is 79.9. The van der Waals surface area contributed by atoms with Gasteiger partial charge in [0.05, 0.1) is 27.7 Å². The number of alkyl halides is 3. The van der Waals surface area contributed by atoms with Crippen molar-refractivity contribution in [2.24, 2.45) is 0 Å². The highest BCUT2D eigenvalue weighted by Crippen LogP contribution is 2.40. The molecule has 0 N–H and O–H groups in total. The van der Waals surface area contributed by atoms with Crippen LogP contribution in [-0.2, 0) is 15.6 Å². The normalized spacial score (nSPS) is 12.5. The smallest absolute Gasteiger partial charge is 0.481 e. The molecule has 0 unspecified atom stereocenters. The molecule has 0 radical (unpaired) electrons. The van der Waals surface area contributed by atoms with Gasteiger partial charge in [0, 0.05) is 22.2 Å². The first kappa shape index (κ1) is 21.2. The number of methoxy groups -OCH3 is 1. The van der Waals surface area contributed by atoms with Gasteiger partial charge in [0.15, 0.2) is 0 Å². The molecule has 0 aliphatic carbocycles. The van der Waals surface area contributed by atoms with Crippen molar-refractivity contribution in [3.63, 3.8) is 0 Å². The van der Waals surface area contributed by atoms with Gasteiger partial charge < -0.3 is 4.74 Å². The molecule has 13 heteroatoms. The zero-order valence-electron chi connectivity index (χ0n) is 14.1. The molecule has 3 aromatic heterocycles. The molecule has 28 heavy (non-hydrogen) atoms. The van der Waals surface area contributed by atoms with Gasteiger partial charge in [-0.05, 0) is 40.5 Å². The lowest BCUT2D eigenvalue weighted by atomic mass is 10.1. The van der Waals surface area contributed by atoms with E-state index >= 15 is 0 Å². The second kappa shape index (κ2) is 7.39. The van der Waals surface area contributed by atoms with Gasteiger partial charge in [-0.3, -0.25) is 0 Å². The Hall–Kier alpha value is -1.50. The molecule has 0 spiro atoms. The summed E-state index contributed by atoms with van der Waals surface area (Å²) >= 11 is 10.8. The summed E-state index contributed by atoms with van der Waals surface area (Å²) in [7, 11) is -4.23. The van der Waals surface area contributed by atoms with E-state index in [-0.39, 0.29) is 22.3 Å². The summed E-state index contributed by atoms with van der Waals surface area (Å²) in [5.41, 5.74) is -4.48. The highest BCUT2D eigenvalue weighted by molar-refractivity contribution is 9.10. The molecule has 0 aliphatic rings.